The third kappa shape index (κ3) is 4.79. The summed E-state index contributed by atoms with van der Waals surface area (Å²) in [4.78, 5) is 4.42. The Bertz CT molecular complexity index is 287. The second-order valence-corrected chi connectivity index (χ2v) is 4.06. The van der Waals surface area contributed by atoms with Gasteiger partial charge in [0.05, 0.1) is 6.61 Å². The van der Waals surface area contributed by atoms with Crippen molar-refractivity contribution < 1.29 is 4.74 Å². The van der Waals surface area contributed by atoms with Crippen LogP contribution in [0.2, 0.25) is 0 Å². The van der Waals surface area contributed by atoms with E-state index < -0.39 is 0 Å². The van der Waals surface area contributed by atoms with Gasteiger partial charge < -0.3 is 10.5 Å². The highest BCUT2D eigenvalue weighted by molar-refractivity contribution is 5.16. The van der Waals surface area contributed by atoms with Crippen LogP contribution in [0, 0.1) is 5.92 Å². The average Bonchev–Trinajstić information content (AvgIpc) is 2.18. The fourth-order valence-electron chi connectivity index (χ4n) is 1.33. The quantitative estimate of drug-likeness (QED) is 0.727. The van der Waals surface area contributed by atoms with Crippen molar-refractivity contribution in [2.45, 2.75) is 26.7 Å². The van der Waals surface area contributed by atoms with Gasteiger partial charge in [-0.3, -0.25) is 0 Å². The Morgan fingerprint density at radius 1 is 1.40 bits per heavy atom. The molecular formula is C12H20N2O. The van der Waals surface area contributed by atoms with Gasteiger partial charge in [-0.05, 0) is 31.4 Å². The van der Waals surface area contributed by atoms with E-state index in [4.69, 9.17) is 10.5 Å². The molecule has 0 saturated heterocycles. The molecule has 0 aromatic carbocycles. The zero-order valence-electron chi connectivity index (χ0n) is 9.57. The van der Waals surface area contributed by atoms with E-state index in [1.165, 1.54) is 0 Å². The summed E-state index contributed by atoms with van der Waals surface area (Å²) in [5, 5.41) is 0. The normalized spacial score (nSPS) is 10.7. The molecule has 1 aromatic rings. The predicted molar refractivity (Wildman–Crippen MR) is 61.9 cm³/mol. The van der Waals surface area contributed by atoms with Crippen LogP contribution in [0.3, 0.4) is 0 Å². The number of pyridine rings is 1. The van der Waals surface area contributed by atoms with Gasteiger partial charge in [0.1, 0.15) is 0 Å². The van der Waals surface area contributed by atoms with Gasteiger partial charge in [0.2, 0.25) is 5.88 Å². The molecule has 1 rings (SSSR count). The van der Waals surface area contributed by atoms with Crippen LogP contribution in [0.15, 0.2) is 18.2 Å². The van der Waals surface area contributed by atoms with Crippen molar-refractivity contribution in [3.05, 3.63) is 23.9 Å². The summed E-state index contributed by atoms with van der Waals surface area (Å²) in [6.07, 6.45) is 1.87. The van der Waals surface area contributed by atoms with Crippen molar-refractivity contribution in [3.8, 4) is 5.88 Å². The molecule has 84 valence electrons. The minimum Gasteiger partial charge on any atom is -0.478 e. The fourth-order valence-corrected chi connectivity index (χ4v) is 1.33. The van der Waals surface area contributed by atoms with Gasteiger partial charge in [-0.2, -0.15) is 0 Å². The van der Waals surface area contributed by atoms with Crippen LogP contribution in [-0.4, -0.2) is 18.1 Å². The first-order valence-corrected chi connectivity index (χ1v) is 5.51. The summed E-state index contributed by atoms with van der Waals surface area (Å²) in [5.41, 5.74) is 6.48. The maximum absolute atomic E-state index is 5.48. The number of rotatable bonds is 6. The molecule has 3 heteroatoms. The van der Waals surface area contributed by atoms with Crippen molar-refractivity contribution in [1.29, 1.82) is 0 Å². The Kier molecular flexibility index (Phi) is 5.12. The van der Waals surface area contributed by atoms with Gasteiger partial charge in [0.15, 0.2) is 0 Å². The van der Waals surface area contributed by atoms with Crippen LogP contribution in [-0.2, 0) is 6.42 Å². The number of ether oxygens (including phenoxy) is 1. The molecule has 0 aliphatic carbocycles. The fraction of sp³-hybridized carbons (Fsp3) is 0.583. The lowest BCUT2D eigenvalue weighted by Crippen LogP contribution is -2.07. The Morgan fingerprint density at radius 3 is 2.87 bits per heavy atom. The van der Waals surface area contributed by atoms with Crippen molar-refractivity contribution in [2.24, 2.45) is 11.7 Å². The molecule has 1 aromatic heterocycles. The topological polar surface area (TPSA) is 48.1 Å². The second-order valence-electron chi connectivity index (χ2n) is 4.06. The van der Waals surface area contributed by atoms with Gasteiger partial charge >= 0.3 is 0 Å². The van der Waals surface area contributed by atoms with Crippen LogP contribution in [0.25, 0.3) is 0 Å². The molecule has 0 bridgehead atoms. The number of hydrogen-bond acceptors (Lipinski definition) is 3. The molecule has 0 fully saturated rings. The van der Waals surface area contributed by atoms with Crippen molar-refractivity contribution in [2.75, 3.05) is 13.2 Å². The summed E-state index contributed by atoms with van der Waals surface area (Å²) in [7, 11) is 0. The Balaban J connectivity index is 2.50. The third-order valence-corrected chi connectivity index (χ3v) is 2.00. The standard InChI is InChI=1S/C12H20N2O/c1-10(2)9-11-5-3-6-12(14-11)15-8-4-7-13/h3,5-6,10H,4,7-9,13H2,1-2H3. The van der Waals surface area contributed by atoms with E-state index in [1.54, 1.807) is 0 Å². The molecule has 15 heavy (non-hydrogen) atoms. The van der Waals surface area contributed by atoms with E-state index in [0.717, 1.165) is 18.5 Å². The molecule has 0 atom stereocenters. The zero-order chi connectivity index (χ0) is 11.1. The summed E-state index contributed by atoms with van der Waals surface area (Å²) < 4.78 is 5.48. The number of hydrogen-bond donors (Lipinski definition) is 1. The first kappa shape index (κ1) is 12.0. The zero-order valence-corrected chi connectivity index (χ0v) is 9.57. The van der Waals surface area contributed by atoms with Crippen molar-refractivity contribution >= 4 is 0 Å². The number of nitrogens with zero attached hydrogens (tertiary/aromatic N) is 1. The van der Waals surface area contributed by atoms with E-state index in [2.05, 4.69) is 18.8 Å². The first-order chi connectivity index (χ1) is 7.22. The molecule has 0 aliphatic rings. The van der Waals surface area contributed by atoms with Crippen LogP contribution >= 0.6 is 0 Å². The molecule has 2 N–H and O–H groups in total. The first-order valence-electron chi connectivity index (χ1n) is 5.51. The largest absolute Gasteiger partial charge is 0.478 e. The SMILES string of the molecule is CC(C)Cc1cccc(OCCCN)n1. The van der Waals surface area contributed by atoms with Gasteiger partial charge in [-0.1, -0.05) is 19.9 Å². The average molecular weight is 208 g/mol. The highest BCUT2D eigenvalue weighted by atomic mass is 16.5. The lowest BCUT2D eigenvalue weighted by Gasteiger charge is -2.07. The van der Waals surface area contributed by atoms with E-state index in [9.17, 15) is 0 Å². The van der Waals surface area contributed by atoms with E-state index in [-0.39, 0.29) is 0 Å². The molecule has 0 spiro atoms. The van der Waals surface area contributed by atoms with E-state index in [1.807, 2.05) is 18.2 Å². The summed E-state index contributed by atoms with van der Waals surface area (Å²) in [6.45, 7) is 5.67. The van der Waals surface area contributed by atoms with Crippen LogP contribution in [0.5, 0.6) is 5.88 Å². The Hall–Kier alpha value is -1.09. The minimum atomic E-state index is 0.622. The summed E-state index contributed by atoms with van der Waals surface area (Å²) in [5.74, 6) is 1.33. The highest BCUT2D eigenvalue weighted by Crippen LogP contribution is 2.11. The van der Waals surface area contributed by atoms with Gasteiger partial charge in [0.25, 0.3) is 0 Å². The molecular weight excluding hydrogens is 188 g/mol. The second kappa shape index (κ2) is 6.40. The molecule has 0 radical (unpaired) electrons. The van der Waals surface area contributed by atoms with E-state index >= 15 is 0 Å². The van der Waals surface area contributed by atoms with Crippen molar-refractivity contribution in [3.63, 3.8) is 0 Å². The summed E-state index contributed by atoms with van der Waals surface area (Å²) >= 11 is 0. The Labute approximate surface area is 91.7 Å². The molecule has 3 nitrogen and oxygen atoms in total. The predicted octanol–water partition coefficient (Wildman–Crippen LogP) is 2.01. The molecule has 0 saturated carbocycles. The monoisotopic (exact) mass is 208 g/mol. The molecule has 0 unspecified atom stereocenters. The number of aromatic nitrogens is 1. The van der Waals surface area contributed by atoms with Gasteiger partial charge in [-0.25, -0.2) is 4.98 Å². The van der Waals surface area contributed by atoms with Crippen LogP contribution < -0.4 is 10.5 Å². The third-order valence-electron chi connectivity index (χ3n) is 2.00. The summed E-state index contributed by atoms with van der Waals surface area (Å²) in [6, 6.07) is 5.92. The van der Waals surface area contributed by atoms with E-state index in [0.29, 0.717) is 24.9 Å². The van der Waals surface area contributed by atoms with Crippen LogP contribution in [0.1, 0.15) is 26.0 Å². The lowest BCUT2D eigenvalue weighted by atomic mass is 10.1. The Morgan fingerprint density at radius 2 is 2.20 bits per heavy atom. The van der Waals surface area contributed by atoms with Gasteiger partial charge in [-0.15, -0.1) is 0 Å². The minimum absolute atomic E-state index is 0.622. The molecule has 0 amide bonds. The maximum Gasteiger partial charge on any atom is 0.213 e. The van der Waals surface area contributed by atoms with Crippen molar-refractivity contribution in [1.82, 2.24) is 4.98 Å². The number of nitrogens with two attached hydrogens (primary N) is 1. The smallest absolute Gasteiger partial charge is 0.213 e. The highest BCUT2D eigenvalue weighted by Gasteiger charge is 2.01. The lowest BCUT2D eigenvalue weighted by molar-refractivity contribution is 0.300. The van der Waals surface area contributed by atoms with Crippen LogP contribution in [0.4, 0.5) is 0 Å². The van der Waals surface area contributed by atoms with Gasteiger partial charge in [0, 0.05) is 11.8 Å². The molecule has 0 aliphatic heterocycles. The maximum atomic E-state index is 5.48. The molecule has 1 heterocycles.